The fourth-order valence-electron chi connectivity index (χ4n) is 2.47. The van der Waals surface area contributed by atoms with E-state index in [0.29, 0.717) is 5.25 Å². The summed E-state index contributed by atoms with van der Waals surface area (Å²) in [4.78, 5) is 0.949. The van der Waals surface area contributed by atoms with Gasteiger partial charge in [-0.1, -0.05) is 13.0 Å². The SMILES string of the molecule is CCNC1(C#N)CCC(Sc2cccc(F)c2)C1. The highest BCUT2D eigenvalue weighted by atomic mass is 32.2. The molecule has 2 atom stereocenters. The van der Waals surface area contributed by atoms with Gasteiger partial charge in [0.2, 0.25) is 0 Å². The van der Waals surface area contributed by atoms with Crippen LogP contribution in [0.15, 0.2) is 29.2 Å². The lowest BCUT2D eigenvalue weighted by atomic mass is 10.0. The van der Waals surface area contributed by atoms with Crippen LogP contribution in [0.1, 0.15) is 26.2 Å². The van der Waals surface area contributed by atoms with E-state index in [0.717, 1.165) is 30.7 Å². The summed E-state index contributed by atoms with van der Waals surface area (Å²) in [5, 5.41) is 13.0. The summed E-state index contributed by atoms with van der Waals surface area (Å²) >= 11 is 1.68. The molecule has 1 saturated carbocycles. The van der Waals surface area contributed by atoms with E-state index in [1.165, 1.54) is 6.07 Å². The number of nitriles is 1. The van der Waals surface area contributed by atoms with Crippen molar-refractivity contribution < 1.29 is 4.39 Å². The normalized spacial score (nSPS) is 27.1. The van der Waals surface area contributed by atoms with E-state index in [1.807, 2.05) is 13.0 Å². The number of hydrogen-bond donors (Lipinski definition) is 1. The Bertz CT molecular complexity index is 457. The summed E-state index contributed by atoms with van der Waals surface area (Å²) in [6.45, 7) is 2.83. The van der Waals surface area contributed by atoms with Gasteiger partial charge in [-0.2, -0.15) is 5.26 Å². The summed E-state index contributed by atoms with van der Waals surface area (Å²) < 4.78 is 13.1. The summed E-state index contributed by atoms with van der Waals surface area (Å²) in [7, 11) is 0. The van der Waals surface area contributed by atoms with E-state index in [1.54, 1.807) is 23.9 Å². The molecule has 1 aliphatic carbocycles. The van der Waals surface area contributed by atoms with Crippen LogP contribution in [0.4, 0.5) is 4.39 Å². The number of hydrogen-bond acceptors (Lipinski definition) is 3. The largest absolute Gasteiger partial charge is 0.300 e. The number of benzene rings is 1. The van der Waals surface area contributed by atoms with E-state index >= 15 is 0 Å². The Hall–Kier alpha value is -1.05. The van der Waals surface area contributed by atoms with Crippen molar-refractivity contribution >= 4 is 11.8 Å². The average Bonchev–Trinajstić information content (AvgIpc) is 2.74. The molecule has 4 heteroatoms. The monoisotopic (exact) mass is 264 g/mol. The molecule has 0 aromatic heterocycles. The predicted octanol–water partition coefficient (Wildman–Crippen LogP) is 3.34. The van der Waals surface area contributed by atoms with Crippen LogP contribution in [0, 0.1) is 17.1 Å². The molecule has 18 heavy (non-hydrogen) atoms. The van der Waals surface area contributed by atoms with Gasteiger partial charge in [0.05, 0.1) is 6.07 Å². The van der Waals surface area contributed by atoms with E-state index in [-0.39, 0.29) is 11.4 Å². The van der Waals surface area contributed by atoms with Crippen LogP contribution < -0.4 is 5.32 Å². The molecule has 0 bridgehead atoms. The smallest absolute Gasteiger partial charge is 0.124 e. The van der Waals surface area contributed by atoms with Crippen molar-refractivity contribution in [3.8, 4) is 6.07 Å². The van der Waals surface area contributed by atoms with E-state index < -0.39 is 0 Å². The lowest BCUT2D eigenvalue weighted by Crippen LogP contribution is -2.41. The van der Waals surface area contributed by atoms with E-state index in [4.69, 9.17) is 0 Å². The average molecular weight is 264 g/mol. The molecule has 0 spiro atoms. The highest BCUT2D eigenvalue weighted by molar-refractivity contribution is 8.00. The summed E-state index contributed by atoms with van der Waals surface area (Å²) in [5.41, 5.74) is -0.375. The van der Waals surface area contributed by atoms with Crippen molar-refractivity contribution in [1.82, 2.24) is 5.32 Å². The zero-order valence-electron chi connectivity index (χ0n) is 10.4. The molecule has 1 fully saturated rings. The van der Waals surface area contributed by atoms with Gasteiger partial charge in [0.25, 0.3) is 0 Å². The molecule has 1 aromatic carbocycles. The molecule has 0 saturated heterocycles. The molecule has 0 aliphatic heterocycles. The molecule has 1 aliphatic rings. The first kappa shape index (κ1) is 13.4. The van der Waals surface area contributed by atoms with Gasteiger partial charge < -0.3 is 0 Å². The van der Waals surface area contributed by atoms with Gasteiger partial charge in [-0.3, -0.25) is 5.32 Å². The Kier molecular flexibility index (Phi) is 4.26. The van der Waals surface area contributed by atoms with Crippen molar-refractivity contribution in [3.05, 3.63) is 30.1 Å². The van der Waals surface area contributed by atoms with Gasteiger partial charge in [-0.25, -0.2) is 4.39 Å². The second-order valence-electron chi connectivity index (χ2n) is 4.66. The number of halogens is 1. The zero-order valence-corrected chi connectivity index (χ0v) is 11.3. The molecular formula is C14H17FN2S. The fraction of sp³-hybridized carbons (Fsp3) is 0.500. The van der Waals surface area contributed by atoms with Crippen LogP contribution >= 0.6 is 11.8 Å². The van der Waals surface area contributed by atoms with Crippen LogP contribution in [0.25, 0.3) is 0 Å². The molecule has 2 nitrogen and oxygen atoms in total. The molecule has 2 unspecified atom stereocenters. The Morgan fingerprint density at radius 1 is 1.61 bits per heavy atom. The van der Waals surface area contributed by atoms with Crippen molar-refractivity contribution in [2.45, 2.75) is 41.9 Å². The second kappa shape index (κ2) is 5.73. The minimum absolute atomic E-state index is 0.198. The third-order valence-electron chi connectivity index (χ3n) is 3.30. The van der Waals surface area contributed by atoms with Crippen LogP contribution in [-0.4, -0.2) is 17.3 Å². The van der Waals surface area contributed by atoms with Crippen molar-refractivity contribution in [1.29, 1.82) is 5.26 Å². The summed E-state index contributed by atoms with van der Waals surface area (Å²) in [5.74, 6) is -0.198. The Morgan fingerprint density at radius 3 is 3.11 bits per heavy atom. The number of thioether (sulfide) groups is 1. The predicted molar refractivity (Wildman–Crippen MR) is 71.9 cm³/mol. The van der Waals surface area contributed by atoms with E-state index in [2.05, 4.69) is 11.4 Å². The lowest BCUT2D eigenvalue weighted by molar-refractivity contribution is 0.436. The molecule has 1 aromatic rings. The Balaban J connectivity index is 1.99. The quantitative estimate of drug-likeness (QED) is 0.906. The number of rotatable bonds is 4. The molecular weight excluding hydrogens is 247 g/mol. The minimum Gasteiger partial charge on any atom is -0.300 e. The van der Waals surface area contributed by atoms with Crippen molar-refractivity contribution in [2.24, 2.45) is 0 Å². The van der Waals surface area contributed by atoms with Gasteiger partial charge in [-0.05, 0) is 44.0 Å². The minimum atomic E-state index is -0.375. The molecule has 96 valence electrons. The van der Waals surface area contributed by atoms with Crippen LogP contribution in [0.2, 0.25) is 0 Å². The summed E-state index contributed by atoms with van der Waals surface area (Å²) in [6, 6.07) is 9.08. The maximum atomic E-state index is 13.1. The summed E-state index contributed by atoms with van der Waals surface area (Å²) in [6.07, 6.45) is 2.71. The van der Waals surface area contributed by atoms with Crippen molar-refractivity contribution in [3.63, 3.8) is 0 Å². The first-order valence-electron chi connectivity index (χ1n) is 6.26. The van der Waals surface area contributed by atoms with Crippen LogP contribution in [0.5, 0.6) is 0 Å². The van der Waals surface area contributed by atoms with Gasteiger partial charge in [0.1, 0.15) is 11.4 Å². The molecule has 1 N–H and O–H groups in total. The topological polar surface area (TPSA) is 35.8 Å². The standard InChI is InChI=1S/C14H17FN2S/c1-2-17-14(10-16)7-6-13(9-14)18-12-5-3-4-11(15)8-12/h3-5,8,13,17H,2,6-7,9H2,1H3. The Labute approximate surface area is 112 Å². The number of nitrogens with one attached hydrogen (secondary N) is 1. The maximum absolute atomic E-state index is 13.1. The highest BCUT2D eigenvalue weighted by Gasteiger charge is 2.39. The Morgan fingerprint density at radius 2 is 2.44 bits per heavy atom. The van der Waals surface area contributed by atoms with Gasteiger partial charge >= 0.3 is 0 Å². The van der Waals surface area contributed by atoms with Crippen LogP contribution in [0.3, 0.4) is 0 Å². The maximum Gasteiger partial charge on any atom is 0.124 e. The lowest BCUT2D eigenvalue weighted by Gasteiger charge is -2.21. The van der Waals surface area contributed by atoms with Gasteiger partial charge in [0, 0.05) is 10.1 Å². The zero-order chi connectivity index (χ0) is 13.0. The molecule has 2 rings (SSSR count). The highest BCUT2D eigenvalue weighted by Crippen LogP contribution is 2.40. The molecule has 0 radical (unpaired) electrons. The van der Waals surface area contributed by atoms with Crippen molar-refractivity contribution in [2.75, 3.05) is 6.54 Å². The fourth-order valence-corrected chi connectivity index (χ4v) is 3.80. The molecule has 0 heterocycles. The van der Waals surface area contributed by atoms with Crippen LogP contribution in [-0.2, 0) is 0 Å². The second-order valence-corrected chi connectivity index (χ2v) is 6.04. The van der Waals surface area contributed by atoms with Gasteiger partial charge in [0.15, 0.2) is 0 Å². The third-order valence-corrected chi connectivity index (χ3v) is 4.56. The van der Waals surface area contributed by atoms with Gasteiger partial charge in [-0.15, -0.1) is 11.8 Å². The number of nitrogens with zero attached hydrogens (tertiary/aromatic N) is 1. The molecule has 0 amide bonds. The first-order valence-corrected chi connectivity index (χ1v) is 7.14. The first-order chi connectivity index (χ1) is 8.67. The third kappa shape index (κ3) is 3.04. The van der Waals surface area contributed by atoms with E-state index in [9.17, 15) is 9.65 Å².